The minimum absolute atomic E-state index is 1.12. The maximum Gasteiger partial charge on any atom is 0.0707 e. The SMILES string of the molecule is c1ccc(-c2cccc(-c3cccc4c3sc3c4ccc4ccn(-c5ccc(N6c7ccccc7N(c7ccccc7)c7ccccc76)cc5)c43)c2)cc1. The number of hydrogen-bond donors (Lipinski definition) is 0. The van der Waals surface area contributed by atoms with E-state index in [-0.39, 0.29) is 0 Å². The van der Waals surface area contributed by atoms with E-state index in [2.05, 4.69) is 215 Å². The predicted molar refractivity (Wildman–Crippen MR) is 230 cm³/mol. The highest BCUT2D eigenvalue weighted by Crippen LogP contribution is 2.54. The van der Waals surface area contributed by atoms with Crippen LogP contribution in [-0.4, -0.2) is 4.57 Å². The Hall–Kier alpha value is -6.88. The highest BCUT2D eigenvalue weighted by Gasteiger charge is 2.30. The van der Waals surface area contributed by atoms with E-state index in [9.17, 15) is 0 Å². The molecule has 3 heterocycles. The van der Waals surface area contributed by atoms with Crippen molar-refractivity contribution in [2.75, 3.05) is 9.80 Å². The van der Waals surface area contributed by atoms with E-state index in [4.69, 9.17) is 0 Å². The molecular weight excluding hydrogens is 675 g/mol. The fourth-order valence-electron chi connectivity index (χ4n) is 8.25. The van der Waals surface area contributed by atoms with Crippen molar-refractivity contribution in [2.24, 2.45) is 0 Å². The van der Waals surface area contributed by atoms with Crippen LogP contribution in [-0.2, 0) is 0 Å². The first-order valence-electron chi connectivity index (χ1n) is 18.4. The Bertz CT molecular complexity index is 2950. The number of para-hydroxylation sites is 5. The van der Waals surface area contributed by atoms with Gasteiger partial charge >= 0.3 is 0 Å². The lowest BCUT2D eigenvalue weighted by atomic mass is 9.98. The molecule has 8 aromatic carbocycles. The van der Waals surface area contributed by atoms with Gasteiger partial charge in [-0.15, -0.1) is 11.3 Å². The molecule has 0 fully saturated rings. The Labute approximate surface area is 317 Å². The Morgan fingerprint density at radius 2 is 0.889 bits per heavy atom. The van der Waals surface area contributed by atoms with Gasteiger partial charge in [-0.25, -0.2) is 0 Å². The summed E-state index contributed by atoms with van der Waals surface area (Å²) in [7, 11) is 0. The van der Waals surface area contributed by atoms with E-state index in [1.54, 1.807) is 0 Å². The topological polar surface area (TPSA) is 11.4 Å². The molecule has 0 N–H and O–H groups in total. The van der Waals surface area contributed by atoms with Crippen LogP contribution in [0.4, 0.5) is 34.1 Å². The van der Waals surface area contributed by atoms with Crippen molar-refractivity contribution in [3.05, 3.63) is 200 Å². The van der Waals surface area contributed by atoms with E-state index in [0.717, 1.165) is 39.8 Å². The van der Waals surface area contributed by atoms with Gasteiger partial charge in [0.25, 0.3) is 0 Å². The predicted octanol–water partition coefficient (Wildman–Crippen LogP) is 14.6. The second kappa shape index (κ2) is 12.4. The molecule has 4 heteroatoms. The Balaban J connectivity index is 1.02. The Kier molecular flexibility index (Phi) is 7.04. The molecule has 2 aromatic heterocycles. The molecule has 0 amide bonds. The summed E-state index contributed by atoms with van der Waals surface area (Å²) in [5.74, 6) is 0. The Morgan fingerprint density at radius 1 is 0.352 bits per heavy atom. The third-order valence-corrected chi connectivity index (χ3v) is 12.0. The Morgan fingerprint density at radius 3 is 1.57 bits per heavy atom. The number of rotatable bonds is 5. The molecule has 0 spiro atoms. The van der Waals surface area contributed by atoms with Crippen LogP contribution < -0.4 is 9.80 Å². The summed E-state index contributed by atoms with van der Waals surface area (Å²) in [6.45, 7) is 0. The minimum atomic E-state index is 1.12. The monoisotopic (exact) mass is 707 g/mol. The summed E-state index contributed by atoms with van der Waals surface area (Å²) in [4.78, 5) is 4.75. The molecule has 0 atom stereocenters. The molecule has 0 radical (unpaired) electrons. The standard InChI is InChI=1S/C50H33N3S/c1-3-13-34(14-4-1)36-15-11-16-37(33-36)41-19-12-20-42-43-30-25-35-31-32-51(48(35)50(43)54-49(41)42)38-26-28-40(29-27-38)53-46-23-9-7-21-44(46)52(39-17-5-2-6-18-39)45-22-8-10-24-47(45)53/h1-33H. The van der Waals surface area contributed by atoms with Crippen molar-refractivity contribution >= 4 is 76.5 Å². The van der Waals surface area contributed by atoms with Crippen molar-refractivity contribution in [3.63, 3.8) is 0 Å². The number of fused-ring (bicyclic) bond motifs is 7. The molecule has 11 rings (SSSR count). The second-order valence-corrected chi connectivity index (χ2v) is 14.8. The number of aromatic nitrogens is 1. The molecule has 254 valence electrons. The van der Waals surface area contributed by atoms with E-state index in [1.165, 1.54) is 53.3 Å². The summed E-state index contributed by atoms with van der Waals surface area (Å²) in [5, 5.41) is 3.84. The normalized spacial score (nSPS) is 12.4. The van der Waals surface area contributed by atoms with E-state index >= 15 is 0 Å². The number of nitrogens with zero attached hydrogens (tertiary/aromatic N) is 3. The highest BCUT2D eigenvalue weighted by molar-refractivity contribution is 7.27. The van der Waals surface area contributed by atoms with Gasteiger partial charge in [0.05, 0.1) is 33.0 Å². The molecule has 0 unspecified atom stereocenters. The first-order chi connectivity index (χ1) is 26.8. The summed E-state index contributed by atoms with van der Waals surface area (Å²) < 4.78 is 4.99. The second-order valence-electron chi connectivity index (χ2n) is 13.8. The van der Waals surface area contributed by atoms with Gasteiger partial charge in [0.1, 0.15) is 0 Å². The van der Waals surface area contributed by atoms with Crippen molar-refractivity contribution in [1.29, 1.82) is 0 Å². The van der Waals surface area contributed by atoms with E-state index in [1.807, 2.05) is 11.3 Å². The van der Waals surface area contributed by atoms with E-state index < -0.39 is 0 Å². The smallest absolute Gasteiger partial charge is 0.0707 e. The van der Waals surface area contributed by atoms with Gasteiger partial charge in [-0.1, -0.05) is 121 Å². The average molecular weight is 708 g/mol. The average Bonchev–Trinajstić information content (AvgIpc) is 3.86. The molecular formula is C50H33N3S. The molecule has 10 aromatic rings. The van der Waals surface area contributed by atoms with Gasteiger partial charge < -0.3 is 14.4 Å². The van der Waals surface area contributed by atoms with Gasteiger partial charge in [-0.05, 0) is 95.1 Å². The van der Waals surface area contributed by atoms with E-state index in [0.29, 0.717) is 0 Å². The summed E-state index contributed by atoms with van der Waals surface area (Å²) >= 11 is 1.90. The van der Waals surface area contributed by atoms with Crippen LogP contribution in [0.5, 0.6) is 0 Å². The van der Waals surface area contributed by atoms with Gasteiger partial charge in [-0.2, -0.15) is 0 Å². The number of benzene rings is 8. The molecule has 1 aliphatic rings. The quantitative estimate of drug-likeness (QED) is 0.176. The van der Waals surface area contributed by atoms with Gasteiger partial charge in [0, 0.05) is 44.1 Å². The highest BCUT2D eigenvalue weighted by atomic mass is 32.1. The summed E-state index contributed by atoms with van der Waals surface area (Å²) in [6.07, 6.45) is 2.22. The van der Waals surface area contributed by atoms with Gasteiger partial charge in [0.2, 0.25) is 0 Å². The van der Waals surface area contributed by atoms with Crippen molar-refractivity contribution in [1.82, 2.24) is 4.57 Å². The molecule has 0 saturated heterocycles. The van der Waals surface area contributed by atoms with Gasteiger partial charge in [-0.3, -0.25) is 0 Å². The molecule has 3 nitrogen and oxygen atoms in total. The minimum Gasteiger partial charge on any atom is -0.315 e. The number of hydrogen-bond acceptors (Lipinski definition) is 3. The zero-order chi connectivity index (χ0) is 35.6. The fourth-order valence-corrected chi connectivity index (χ4v) is 9.64. The summed E-state index contributed by atoms with van der Waals surface area (Å²) in [6, 6.07) is 70.2. The van der Waals surface area contributed by atoms with Crippen LogP contribution in [0.1, 0.15) is 0 Å². The van der Waals surface area contributed by atoms with Crippen LogP contribution in [0.25, 0.3) is 59.0 Å². The zero-order valence-corrected chi connectivity index (χ0v) is 30.1. The fraction of sp³-hybridized carbons (Fsp3) is 0. The van der Waals surface area contributed by atoms with Crippen molar-refractivity contribution < 1.29 is 0 Å². The first kappa shape index (κ1) is 30.7. The van der Waals surface area contributed by atoms with Crippen LogP contribution in [0.15, 0.2) is 200 Å². The maximum atomic E-state index is 2.39. The first-order valence-corrected chi connectivity index (χ1v) is 19.2. The third-order valence-electron chi connectivity index (χ3n) is 10.7. The molecule has 54 heavy (non-hydrogen) atoms. The zero-order valence-electron chi connectivity index (χ0n) is 29.3. The number of thiophene rings is 1. The maximum absolute atomic E-state index is 2.39. The largest absolute Gasteiger partial charge is 0.315 e. The summed E-state index contributed by atoms with van der Waals surface area (Å²) in [5.41, 5.74) is 14.2. The molecule has 0 saturated carbocycles. The lowest BCUT2D eigenvalue weighted by molar-refractivity contribution is 1.13. The van der Waals surface area contributed by atoms with Gasteiger partial charge in [0.15, 0.2) is 0 Å². The molecule has 1 aliphatic heterocycles. The van der Waals surface area contributed by atoms with Crippen LogP contribution >= 0.6 is 11.3 Å². The molecule has 0 aliphatic carbocycles. The number of anilines is 6. The van der Waals surface area contributed by atoms with Crippen LogP contribution in [0.3, 0.4) is 0 Å². The van der Waals surface area contributed by atoms with Crippen molar-refractivity contribution in [2.45, 2.75) is 0 Å². The van der Waals surface area contributed by atoms with Crippen LogP contribution in [0.2, 0.25) is 0 Å². The van der Waals surface area contributed by atoms with Crippen LogP contribution in [0, 0.1) is 0 Å². The van der Waals surface area contributed by atoms with Crippen molar-refractivity contribution in [3.8, 4) is 27.9 Å². The lowest BCUT2D eigenvalue weighted by Crippen LogP contribution is -2.23. The third kappa shape index (κ3) is 4.81. The molecule has 0 bridgehead atoms. The lowest BCUT2D eigenvalue weighted by Gasteiger charge is -2.40.